The van der Waals surface area contributed by atoms with Crippen LogP contribution in [0.3, 0.4) is 0 Å². The number of anilines is 1. The Bertz CT molecular complexity index is 565. The van der Waals surface area contributed by atoms with Gasteiger partial charge in [0.25, 0.3) is 0 Å². The van der Waals surface area contributed by atoms with Crippen molar-refractivity contribution in [2.24, 2.45) is 0 Å². The SMILES string of the molecule is CC(=O)Nc1ccc(OC(C)=O)c2ccccc12. The number of hydrogen-bond donors (Lipinski definition) is 1. The van der Waals surface area contributed by atoms with Gasteiger partial charge < -0.3 is 10.1 Å². The van der Waals surface area contributed by atoms with Crippen LogP contribution in [0.25, 0.3) is 10.8 Å². The zero-order chi connectivity index (χ0) is 13.1. The van der Waals surface area contributed by atoms with E-state index in [9.17, 15) is 9.59 Å². The average Bonchev–Trinajstić information content (AvgIpc) is 2.31. The molecule has 0 fully saturated rings. The number of carbonyl (C=O) groups is 2. The Kier molecular flexibility index (Phi) is 3.28. The smallest absolute Gasteiger partial charge is 0.308 e. The summed E-state index contributed by atoms with van der Waals surface area (Å²) in [6.07, 6.45) is 0. The second-order valence-corrected chi connectivity index (χ2v) is 3.93. The molecule has 0 saturated carbocycles. The normalized spacial score (nSPS) is 10.1. The van der Waals surface area contributed by atoms with Crippen LogP contribution >= 0.6 is 0 Å². The van der Waals surface area contributed by atoms with E-state index in [1.807, 2.05) is 24.3 Å². The molecule has 0 aliphatic heterocycles. The third-order valence-electron chi connectivity index (χ3n) is 2.45. The molecule has 0 aromatic heterocycles. The number of ether oxygens (including phenoxy) is 1. The van der Waals surface area contributed by atoms with E-state index in [2.05, 4.69) is 5.32 Å². The Hall–Kier alpha value is -2.36. The van der Waals surface area contributed by atoms with Gasteiger partial charge in [-0.25, -0.2) is 0 Å². The topological polar surface area (TPSA) is 55.4 Å². The highest BCUT2D eigenvalue weighted by atomic mass is 16.5. The zero-order valence-corrected chi connectivity index (χ0v) is 10.2. The minimum Gasteiger partial charge on any atom is -0.426 e. The van der Waals surface area contributed by atoms with Crippen molar-refractivity contribution < 1.29 is 14.3 Å². The molecule has 2 aromatic rings. The molecular formula is C14H13NO3. The van der Waals surface area contributed by atoms with Crippen molar-refractivity contribution in [3.05, 3.63) is 36.4 Å². The lowest BCUT2D eigenvalue weighted by atomic mass is 10.1. The molecule has 1 N–H and O–H groups in total. The van der Waals surface area contributed by atoms with Gasteiger partial charge in [0.15, 0.2) is 0 Å². The van der Waals surface area contributed by atoms with Crippen LogP contribution in [-0.2, 0) is 9.59 Å². The average molecular weight is 243 g/mol. The summed E-state index contributed by atoms with van der Waals surface area (Å²) in [7, 11) is 0. The van der Waals surface area contributed by atoms with Crippen molar-refractivity contribution in [2.75, 3.05) is 5.32 Å². The maximum atomic E-state index is 11.1. The fraction of sp³-hybridized carbons (Fsp3) is 0.143. The molecule has 0 radical (unpaired) electrons. The lowest BCUT2D eigenvalue weighted by molar-refractivity contribution is -0.131. The summed E-state index contributed by atoms with van der Waals surface area (Å²) in [5, 5.41) is 4.38. The predicted octanol–water partition coefficient (Wildman–Crippen LogP) is 2.72. The first-order chi connectivity index (χ1) is 8.58. The molecule has 0 aliphatic carbocycles. The van der Waals surface area contributed by atoms with E-state index in [0.717, 1.165) is 10.8 Å². The lowest BCUT2D eigenvalue weighted by Gasteiger charge is -2.10. The summed E-state index contributed by atoms with van der Waals surface area (Å²) < 4.78 is 5.14. The first kappa shape index (κ1) is 12.1. The molecule has 0 unspecified atom stereocenters. The molecule has 4 nitrogen and oxygen atoms in total. The van der Waals surface area contributed by atoms with E-state index in [1.165, 1.54) is 13.8 Å². The van der Waals surface area contributed by atoms with Crippen molar-refractivity contribution in [1.29, 1.82) is 0 Å². The van der Waals surface area contributed by atoms with Crippen LogP contribution < -0.4 is 10.1 Å². The molecule has 0 spiro atoms. The van der Waals surface area contributed by atoms with Gasteiger partial charge in [0, 0.05) is 30.3 Å². The highest BCUT2D eigenvalue weighted by Crippen LogP contribution is 2.31. The number of rotatable bonds is 2. The van der Waals surface area contributed by atoms with Crippen LogP contribution in [0, 0.1) is 0 Å². The molecule has 18 heavy (non-hydrogen) atoms. The quantitative estimate of drug-likeness (QED) is 0.651. The van der Waals surface area contributed by atoms with Gasteiger partial charge >= 0.3 is 5.97 Å². The Balaban J connectivity index is 2.58. The molecule has 2 aromatic carbocycles. The van der Waals surface area contributed by atoms with Crippen LogP contribution in [0.1, 0.15) is 13.8 Å². The third kappa shape index (κ3) is 2.48. The van der Waals surface area contributed by atoms with Gasteiger partial charge in [-0.1, -0.05) is 24.3 Å². The Labute approximate surface area is 105 Å². The van der Waals surface area contributed by atoms with Gasteiger partial charge in [-0.15, -0.1) is 0 Å². The summed E-state index contributed by atoms with van der Waals surface area (Å²) in [4.78, 5) is 22.2. The number of hydrogen-bond acceptors (Lipinski definition) is 3. The molecule has 1 amide bonds. The second kappa shape index (κ2) is 4.87. The first-order valence-electron chi connectivity index (χ1n) is 5.55. The summed E-state index contributed by atoms with van der Waals surface area (Å²) in [6.45, 7) is 2.81. The van der Waals surface area contributed by atoms with Gasteiger partial charge in [-0.05, 0) is 12.1 Å². The van der Waals surface area contributed by atoms with Crippen LogP contribution in [0.4, 0.5) is 5.69 Å². The molecule has 0 saturated heterocycles. The number of carbonyl (C=O) groups excluding carboxylic acids is 2. The number of fused-ring (bicyclic) bond motifs is 1. The zero-order valence-electron chi connectivity index (χ0n) is 10.2. The van der Waals surface area contributed by atoms with Crippen molar-refractivity contribution in [3.63, 3.8) is 0 Å². The molecule has 2 rings (SSSR count). The first-order valence-corrected chi connectivity index (χ1v) is 5.55. The summed E-state index contributed by atoms with van der Waals surface area (Å²) >= 11 is 0. The van der Waals surface area contributed by atoms with Crippen molar-refractivity contribution >= 4 is 28.3 Å². The largest absolute Gasteiger partial charge is 0.426 e. The van der Waals surface area contributed by atoms with Gasteiger partial charge in [0.05, 0.1) is 0 Å². The molecule has 92 valence electrons. The summed E-state index contributed by atoms with van der Waals surface area (Å²) in [5.41, 5.74) is 0.703. The van der Waals surface area contributed by atoms with E-state index in [-0.39, 0.29) is 11.9 Å². The Morgan fingerprint density at radius 1 is 1.00 bits per heavy atom. The maximum absolute atomic E-state index is 11.1. The number of benzene rings is 2. The number of amides is 1. The van der Waals surface area contributed by atoms with Crippen LogP contribution in [0.5, 0.6) is 5.75 Å². The van der Waals surface area contributed by atoms with Gasteiger partial charge in [-0.3, -0.25) is 9.59 Å². The molecule has 0 heterocycles. The number of esters is 1. The minimum atomic E-state index is -0.368. The van der Waals surface area contributed by atoms with E-state index in [4.69, 9.17) is 4.74 Å². The Morgan fingerprint density at radius 3 is 2.28 bits per heavy atom. The van der Waals surface area contributed by atoms with Gasteiger partial charge in [-0.2, -0.15) is 0 Å². The minimum absolute atomic E-state index is 0.139. The fourth-order valence-corrected chi connectivity index (χ4v) is 1.81. The van der Waals surface area contributed by atoms with Crippen LogP contribution in [0.15, 0.2) is 36.4 Å². The van der Waals surface area contributed by atoms with E-state index >= 15 is 0 Å². The highest BCUT2D eigenvalue weighted by Gasteiger charge is 2.08. The standard InChI is InChI=1S/C14H13NO3/c1-9(16)15-13-7-8-14(18-10(2)17)12-6-4-3-5-11(12)13/h3-8H,1-2H3,(H,15,16). The Morgan fingerprint density at radius 2 is 1.67 bits per heavy atom. The van der Waals surface area contributed by atoms with E-state index in [0.29, 0.717) is 11.4 Å². The summed E-state index contributed by atoms with van der Waals surface area (Å²) in [5.74, 6) is -0.0139. The highest BCUT2D eigenvalue weighted by molar-refractivity contribution is 6.04. The fourth-order valence-electron chi connectivity index (χ4n) is 1.81. The lowest BCUT2D eigenvalue weighted by Crippen LogP contribution is -2.07. The van der Waals surface area contributed by atoms with Crippen LogP contribution in [-0.4, -0.2) is 11.9 Å². The molecular weight excluding hydrogens is 230 g/mol. The van der Waals surface area contributed by atoms with Crippen LogP contribution in [0.2, 0.25) is 0 Å². The molecule has 0 atom stereocenters. The predicted molar refractivity (Wildman–Crippen MR) is 69.6 cm³/mol. The van der Waals surface area contributed by atoms with E-state index in [1.54, 1.807) is 12.1 Å². The summed E-state index contributed by atoms with van der Waals surface area (Å²) in [6, 6.07) is 10.8. The van der Waals surface area contributed by atoms with Crippen molar-refractivity contribution in [2.45, 2.75) is 13.8 Å². The monoisotopic (exact) mass is 243 g/mol. The molecule has 0 aliphatic rings. The molecule has 0 bridgehead atoms. The van der Waals surface area contributed by atoms with Crippen molar-refractivity contribution in [1.82, 2.24) is 0 Å². The van der Waals surface area contributed by atoms with Gasteiger partial charge in [0.2, 0.25) is 5.91 Å². The second-order valence-electron chi connectivity index (χ2n) is 3.93. The number of nitrogens with one attached hydrogen (secondary N) is 1. The maximum Gasteiger partial charge on any atom is 0.308 e. The third-order valence-corrected chi connectivity index (χ3v) is 2.45. The van der Waals surface area contributed by atoms with E-state index < -0.39 is 0 Å². The van der Waals surface area contributed by atoms with Crippen molar-refractivity contribution in [3.8, 4) is 5.75 Å². The van der Waals surface area contributed by atoms with Gasteiger partial charge in [0.1, 0.15) is 5.75 Å². The molecule has 4 heteroatoms.